The van der Waals surface area contributed by atoms with Crippen LogP contribution in [0.15, 0.2) is 78.9 Å². The van der Waals surface area contributed by atoms with Gasteiger partial charge in [0.1, 0.15) is 35.8 Å². The largest absolute Gasteiger partial charge is 0.461 e. The summed E-state index contributed by atoms with van der Waals surface area (Å²) in [7, 11) is 0. The van der Waals surface area contributed by atoms with E-state index in [2.05, 4.69) is 22.8 Å². The van der Waals surface area contributed by atoms with Gasteiger partial charge >= 0.3 is 18.2 Å². The molecule has 1 aliphatic carbocycles. The van der Waals surface area contributed by atoms with Crippen LogP contribution >= 0.6 is 0 Å². The molecule has 11 heteroatoms. The number of hydrogen-bond donors (Lipinski definition) is 0. The second-order valence-electron chi connectivity index (χ2n) is 15.8. The van der Waals surface area contributed by atoms with Gasteiger partial charge in [0, 0.05) is 18.5 Å². The molecule has 0 atom stereocenters. The Morgan fingerprint density at radius 1 is 0.778 bits per heavy atom. The molecule has 284 valence electrons. The first kappa shape index (κ1) is 38.4. The molecule has 0 aliphatic heterocycles. The average molecular weight is 735 g/mol. The van der Waals surface area contributed by atoms with Gasteiger partial charge in [0.05, 0.1) is 17.0 Å². The summed E-state index contributed by atoms with van der Waals surface area (Å²) in [5.74, 6) is 0.361. The molecule has 1 fully saturated rings. The molecule has 1 saturated carbocycles. The molecular formula is C43H50N4O7. The molecule has 0 radical (unpaired) electrons. The van der Waals surface area contributed by atoms with E-state index in [4.69, 9.17) is 28.9 Å². The Balaban J connectivity index is 1.44. The van der Waals surface area contributed by atoms with E-state index in [1.54, 1.807) is 41.5 Å². The zero-order valence-corrected chi connectivity index (χ0v) is 32.3. The number of aromatic nitrogens is 3. The number of carbonyl (C=O) groups is 3. The smallest absolute Gasteiger partial charge is 0.425 e. The number of imidazole rings is 1. The summed E-state index contributed by atoms with van der Waals surface area (Å²) in [5, 5.41) is 0.798. The predicted molar refractivity (Wildman–Crippen MR) is 207 cm³/mol. The second-order valence-corrected chi connectivity index (χ2v) is 15.8. The first-order valence-corrected chi connectivity index (χ1v) is 18.6. The molecule has 1 aliphatic rings. The Labute approximate surface area is 316 Å². The predicted octanol–water partition coefficient (Wildman–Crippen LogP) is 9.16. The number of hydrogen-bond acceptors (Lipinski definition) is 9. The quantitative estimate of drug-likeness (QED) is 0.0966. The first-order chi connectivity index (χ1) is 25.7. The number of anilines is 1. The SMILES string of the molecule is CCOCc1nc2c(N(C(=O)OC(C)(C)C)C(=O)OC(C)(C)C)nc3cc(Cc4ccccc4)ccc3c2n1CC1CC(C(=O)OCc2ccccc2)C1. The van der Waals surface area contributed by atoms with Crippen molar-refractivity contribution in [1.29, 1.82) is 0 Å². The Morgan fingerprint density at radius 2 is 1.39 bits per heavy atom. The lowest BCUT2D eigenvalue weighted by atomic mass is 9.75. The molecule has 2 heterocycles. The van der Waals surface area contributed by atoms with Crippen LogP contribution in [0.1, 0.15) is 83.8 Å². The highest BCUT2D eigenvalue weighted by molar-refractivity contribution is 6.17. The minimum Gasteiger partial charge on any atom is -0.461 e. The van der Waals surface area contributed by atoms with Crippen molar-refractivity contribution in [3.8, 4) is 0 Å². The minimum absolute atomic E-state index is 0.00494. The number of rotatable bonds is 11. The highest BCUT2D eigenvalue weighted by Crippen LogP contribution is 2.40. The van der Waals surface area contributed by atoms with E-state index in [0.29, 0.717) is 54.8 Å². The van der Waals surface area contributed by atoms with Crippen molar-refractivity contribution in [1.82, 2.24) is 14.5 Å². The van der Waals surface area contributed by atoms with E-state index in [1.807, 2.05) is 67.6 Å². The van der Waals surface area contributed by atoms with Crippen LogP contribution in [0.4, 0.5) is 15.4 Å². The molecule has 5 aromatic rings. The normalized spacial score (nSPS) is 15.8. The van der Waals surface area contributed by atoms with E-state index in [1.165, 1.54) is 0 Å². The third-order valence-electron chi connectivity index (χ3n) is 9.09. The van der Waals surface area contributed by atoms with Gasteiger partial charge in [-0.25, -0.2) is 19.6 Å². The van der Waals surface area contributed by atoms with Crippen molar-refractivity contribution < 1.29 is 33.3 Å². The van der Waals surface area contributed by atoms with Crippen molar-refractivity contribution in [2.45, 2.75) is 98.7 Å². The third kappa shape index (κ3) is 9.25. The second kappa shape index (κ2) is 16.0. The van der Waals surface area contributed by atoms with Crippen molar-refractivity contribution in [3.63, 3.8) is 0 Å². The Morgan fingerprint density at radius 3 is 1.98 bits per heavy atom. The van der Waals surface area contributed by atoms with E-state index in [9.17, 15) is 14.4 Å². The summed E-state index contributed by atoms with van der Waals surface area (Å²) in [4.78, 5) is 51.8. The molecule has 0 spiro atoms. The molecule has 2 aromatic heterocycles. The highest BCUT2D eigenvalue weighted by atomic mass is 16.6. The van der Waals surface area contributed by atoms with E-state index < -0.39 is 23.4 Å². The number of fused-ring (bicyclic) bond motifs is 3. The summed E-state index contributed by atoms with van der Waals surface area (Å²) in [5.41, 5.74) is 2.85. The van der Waals surface area contributed by atoms with Crippen LogP contribution in [0.2, 0.25) is 0 Å². The number of esters is 1. The van der Waals surface area contributed by atoms with Crippen LogP contribution in [0.3, 0.4) is 0 Å². The molecule has 2 amide bonds. The van der Waals surface area contributed by atoms with Crippen LogP contribution in [-0.2, 0) is 49.9 Å². The van der Waals surface area contributed by atoms with Crippen molar-refractivity contribution >= 4 is 45.9 Å². The zero-order chi connectivity index (χ0) is 38.6. The summed E-state index contributed by atoms with van der Waals surface area (Å²) in [6.45, 7) is 13.7. The number of imide groups is 1. The van der Waals surface area contributed by atoms with Gasteiger partial charge in [-0.3, -0.25) is 4.79 Å². The molecule has 0 bridgehead atoms. The van der Waals surface area contributed by atoms with Crippen LogP contribution in [-0.4, -0.2) is 50.5 Å². The molecule has 3 aromatic carbocycles. The highest BCUT2D eigenvalue weighted by Gasteiger charge is 2.39. The number of ether oxygens (including phenoxy) is 4. The summed E-state index contributed by atoms with van der Waals surface area (Å²) in [6.07, 6.45) is 0.108. The maximum atomic E-state index is 14.0. The standard InChI is InChI=1S/C43H50N4O7/c1-8-51-27-35-45-36-37(46(35)25-31-22-32(23-31)39(48)52-26-29-17-13-10-14-18-29)33-20-19-30(21-28-15-11-9-12-16-28)24-34(33)44-38(36)47(40(49)53-42(2,3)4)41(50)54-43(5,6)7/h9-20,24,31-32H,8,21-23,25-27H2,1-7H3. The number of nitrogens with zero attached hydrogens (tertiary/aromatic N) is 4. The van der Waals surface area contributed by atoms with E-state index >= 15 is 0 Å². The minimum atomic E-state index is -0.929. The van der Waals surface area contributed by atoms with E-state index in [-0.39, 0.29) is 36.8 Å². The van der Waals surface area contributed by atoms with Crippen LogP contribution in [0, 0.1) is 11.8 Å². The van der Waals surface area contributed by atoms with Crippen LogP contribution < -0.4 is 4.90 Å². The fourth-order valence-corrected chi connectivity index (χ4v) is 6.61. The molecule has 54 heavy (non-hydrogen) atoms. The van der Waals surface area contributed by atoms with Gasteiger partial charge in [0.2, 0.25) is 0 Å². The molecule has 6 rings (SSSR count). The lowest BCUT2D eigenvalue weighted by Crippen LogP contribution is -2.44. The molecule has 0 unspecified atom stereocenters. The third-order valence-corrected chi connectivity index (χ3v) is 9.09. The van der Waals surface area contributed by atoms with Crippen LogP contribution in [0.25, 0.3) is 21.9 Å². The van der Waals surface area contributed by atoms with Crippen LogP contribution in [0.5, 0.6) is 0 Å². The first-order valence-electron chi connectivity index (χ1n) is 18.6. The van der Waals surface area contributed by atoms with Crippen molar-refractivity contribution in [3.05, 3.63) is 101 Å². The summed E-state index contributed by atoms with van der Waals surface area (Å²) < 4.78 is 25.2. The summed E-state index contributed by atoms with van der Waals surface area (Å²) in [6, 6.07) is 25.8. The summed E-state index contributed by atoms with van der Waals surface area (Å²) >= 11 is 0. The van der Waals surface area contributed by atoms with Crippen molar-refractivity contribution in [2.75, 3.05) is 11.5 Å². The number of pyridine rings is 1. The molecule has 0 saturated heterocycles. The Hall–Kier alpha value is -5.29. The maximum absolute atomic E-state index is 14.0. The van der Waals surface area contributed by atoms with Gasteiger partial charge in [-0.15, -0.1) is 0 Å². The van der Waals surface area contributed by atoms with Gasteiger partial charge in [-0.1, -0.05) is 72.8 Å². The van der Waals surface area contributed by atoms with Gasteiger partial charge in [0.25, 0.3) is 0 Å². The van der Waals surface area contributed by atoms with Crippen molar-refractivity contribution in [2.24, 2.45) is 11.8 Å². The molecular weight excluding hydrogens is 684 g/mol. The number of amides is 2. The zero-order valence-electron chi connectivity index (χ0n) is 32.3. The van der Waals surface area contributed by atoms with Gasteiger partial charge < -0.3 is 23.5 Å². The number of carbonyl (C=O) groups excluding carboxylic acids is 3. The Kier molecular flexibility index (Phi) is 11.4. The topological polar surface area (TPSA) is 122 Å². The fourth-order valence-electron chi connectivity index (χ4n) is 6.61. The van der Waals surface area contributed by atoms with E-state index in [0.717, 1.165) is 27.0 Å². The Bertz CT molecular complexity index is 2080. The lowest BCUT2D eigenvalue weighted by molar-refractivity contribution is -0.154. The molecule has 0 N–H and O–H groups in total. The van der Waals surface area contributed by atoms with Gasteiger partial charge in [-0.2, -0.15) is 4.90 Å². The monoisotopic (exact) mass is 734 g/mol. The van der Waals surface area contributed by atoms with Gasteiger partial charge in [-0.05, 0) is 96.4 Å². The molecule has 11 nitrogen and oxygen atoms in total. The average Bonchev–Trinajstić information content (AvgIpc) is 3.45. The fraction of sp³-hybridized carbons (Fsp3) is 0.419. The van der Waals surface area contributed by atoms with Gasteiger partial charge in [0.15, 0.2) is 5.82 Å². The lowest BCUT2D eigenvalue weighted by Gasteiger charge is -2.34. The number of benzene rings is 3. The maximum Gasteiger partial charge on any atom is 0.425 e.